The maximum absolute atomic E-state index is 11.6. The number of likely N-dealkylation sites (tertiary alicyclic amines) is 1. The standard InChI is InChI=1S/C11H23N3O/c1-9-5-4-6-14(9)10(8-12)7-11(15)13(2)3/h9-10H,4-8,12H2,1-3H3. The van der Waals surface area contributed by atoms with Crippen LogP contribution in [-0.2, 0) is 4.79 Å². The van der Waals surface area contributed by atoms with Gasteiger partial charge in [0.1, 0.15) is 0 Å². The Bertz CT molecular complexity index is 218. The van der Waals surface area contributed by atoms with Crippen molar-refractivity contribution in [2.45, 2.75) is 38.3 Å². The van der Waals surface area contributed by atoms with Crippen molar-refractivity contribution in [1.82, 2.24) is 9.80 Å². The summed E-state index contributed by atoms with van der Waals surface area (Å²) in [6, 6.07) is 0.797. The number of hydrogen-bond donors (Lipinski definition) is 1. The Balaban J connectivity index is 2.51. The first-order valence-electron chi connectivity index (χ1n) is 5.72. The molecule has 4 heteroatoms. The summed E-state index contributed by atoms with van der Waals surface area (Å²) in [4.78, 5) is 15.6. The van der Waals surface area contributed by atoms with Gasteiger partial charge in [-0.3, -0.25) is 9.69 Å². The van der Waals surface area contributed by atoms with Crippen LogP contribution in [0.4, 0.5) is 0 Å². The van der Waals surface area contributed by atoms with Gasteiger partial charge < -0.3 is 10.6 Å². The Morgan fingerprint density at radius 3 is 2.67 bits per heavy atom. The van der Waals surface area contributed by atoms with E-state index in [1.54, 1.807) is 19.0 Å². The Kier molecular flexibility index (Phi) is 4.54. The van der Waals surface area contributed by atoms with Gasteiger partial charge in [0.05, 0.1) is 0 Å². The van der Waals surface area contributed by atoms with Gasteiger partial charge in [0.2, 0.25) is 5.91 Å². The number of carbonyl (C=O) groups excluding carboxylic acids is 1. The van der Waals surface area contributed by atoms with Gasteiger partial charge >= 0.3 is 0 Å². The molecule has 1 aliphatic rings. The Hall–Kier alpha value is -0.610. The fraction of sp³-hybridized carbons (Fsp3) is 0.909. The SMILES string of the molecule is CC1CCCN1C(CN)CC(=O)N(C)C. The summed E-state index contributed by atoms with van der Waals surface area (Å²) >= 11 is 0. The molecule has 0 aliphatic carbocycles. The predicted octanol–water partition coefficient (Wildman–Crippen LogP) is 0.276. The summed E-state index contributed by atoms with van der Waals surface area (Å²) in [6.45, 7) is 3.88. The van der Waals surface area contributed by atoms with E-state index in [1.165, 1.54) is 12.8 Å². The van der Waals surface area contributed by atoms with E-state index in [-0.39, 0.29) is 11.9 Å². The maximum atomic E-state index is 11.6. The van der Waals surface area contributed by atoms with E-state index in [2.05, 4.69) is 11.8 Å². The maximum Gasteiger partial charge on any atom is 0.223 e. The van der Waals surface area contributed by atoms with Crippen LogP contribution >= 0.6 is 0 Å². The van der Waals surface area contributed by atoms with Crippen molar-refractivity contribution in [1.29, 1.82) is 0 Å². The zero-order valence-corrected chi connectivity index (χ0v) is 10.1. The summed E-state index contributed by atoms with van der Waals surface area (Å²) < 4.78 is 0. The fourth-order valence-corrected chi connectivity index (χ4v) is 2.22. The van der Waals surface area contributed by atoms with E-state index in [4.69, 9.17) is 5.73 Å². The molecule has 1 saturated heterocycles. The minimum Gasteiger partial charge on any atom is -0.349 e. The molecule has 0 radical (unpaired) electrons. The summed E-state index contributed by atoms with van der Waals surface area (Å²) in [5.74, 6) is 0.171. The molecule has 1 rings (SSSR count). The third kappa shape index (κ3) is 3.18. The van der Waals surface area contributed by atoms with Crippen LogP contribution in [0.1, 0.15) is 26.2 Å². The van der Waals surface area contributed by atoms with E-state index in [0.717, 1.165) is 6.54 Å². The highest BCUT2D eigenvalue weighted by Crippen LogP contribution is 2.20. The van der Waals surface area contributed by atoms with Crippen LogP contribution in [0.15, 0.2) is 0 Å². The van der Waals surface area contributed by atoms with Crippen molar-refractivity contribution < 1.29 is 4.79 Å². The van der Waals surface area contributed by atoms with Crippen LogP contribution in [0, 0.1) is 0 Å². The average molecular weight is 213 g/mol. The highest BCUT2D eigenvalue weighted by molar-refractivity contribution is 5.76. The van der Waals surface area contributed by atoms with Crippen molar-refractivity contribution in [3.05, 3.63) is 0 Å². The second-order valence-electron chi connectivity index (χ2n) is 4.61. The molecule has 15 heavy (non-hydrogen) atoms. The van der Waals surface area contributed by atoms with Crippen molar-refractivity contribution in [3.8, 4) is 0 Å². The van der Waals surface area contributed by atoms with E-state index in [1.807, 2.05) is 0 Å². The molecule has 4 nitrogen and oxygen atoms in total. The quantitative estimate of drug-likeness (QED) is 0.729. The van der Waals surface area contributed by atoms with Crippen molar-refractivity contribution >= 4 is 5.91 Å². The zero-order chi connectivity index (χ0) is 11.4. The number of nitrogens with two attached hydrogens (primary N) is 1. The van der Waals surface area contributed by atoms with Crippen molar-refractivity contribution in [2.24, 2.45) is 5.73 Å². The molecular formula is C11H23N3O. The molecule has 2 N–H and O–H groups in total. The van der Waals surface area contributed by atoms with Crippen LogP contribution in [-0.4, -0.2) is 55.0 Å². The zero-order valence-electron chi connectivity index (χ0n) is 10.1. The van der Waals surface area contributed by atoms with Crippen LogP contribution in [0.25, 0.3) is 0 Å². The number of nitrogens with zero attached hydrogens (tertiary/aromatic N) is 2. The van der Waals surface area contributed by atoms with Crippen molar-refractivity contribution in [3.63, 3.8) is 0 Å². The molecule has 0 saturated carbocycles. The van der Waals surface area contributed by atoms with Crippen LogP contribution < -0.4 is 5.73 Å². The smallest absolute Gasteiger partial charge is 0.223 e. The van der Waals surface area contributed by atoms with E-state index in [0.29, 0.717) is 19.0 Å². The topological polar surface area (TPSA) is 49.6 Å². The van der Waals surface area contributed by atoms with Gasteiger partial charge in [-0.25, -0.2) is 0 Å². The van der Waals surface area contributed by atoms with Gasteiger partial charge in [-0.2, -0.15) is 0 Å². The normalized spacial score (nSPS) is 24.1. The Morgan fingerprint density at radius 1 is 1.60 bits per heavy atom. The largest absolute Gasteiger partial charge is 0.349 e. The number of hydrogen-bond acceptors (Lipinski definition) is 3. The first-order chi connectivity index (χ1) is 7.06. The van der Waals surface area contributed by atoms with E-state index in [9.17, 15) is 4.79 Å². The fourth-order valence-electron chi connectivity index (χ4n) is 2.22. The highest BCUT2D eigenvalue weighted by atomic mass is 16.2. The van der Waals surface area contributed by atoms with E-state index >= 15 is 0 Å². The lowest BCUT2D eigenvalue weighted by atomic mass is 10.1. The predicted molar refractivity (Wildman–Crippen MR) is 61.6 cm³/mol. The van der Waals surface area contributed by atoms with Crippen LogP contribution in [0.5, 0.6) is 0 Å². The second-order valence-corrected chi connectivity index (χ2v) is 4.61. The first kappa shape index (κ1) is 12.5. The molecule has 0 bridgehead atoms. The Labute approximate surface area is 92.4 Å². The van der Waals surface area contributed by atoms with Crippen LogP contribution in [0.2, 0.25) is 0 Å². The third-order valence-electron chi connectivity index (χ3n) is 3.25. The van der Waals surface area contributed by atoms with Gasteiger partial charge in [0, 0.05) is 39.1 Å². The average Bonchev–Trinajstić information content (AvgIpc) is 2.60. The Morgan fingerprint density at radius 2 is 2.27 bits per heavy atom. The molecule has 0 spiro atoms. The number of amides is 1. The molecule has 2 atom stereocenters. The minimum atomic E-state index is 0.171. The monoisotopic (exact) mass is 213 g/mol. The molecule has 2 unspecified atom stereocenters. The molecule has 1 amide bonds. The molecule has 0 aromatic rings. The number of carbonyl (C=O) groups is 1. The van der Waals surface area contributed by atoms with Gasteiger partial charge in [0.25, 0.3) is 0 Å². The number of rotatable bonds is 4. The first-order valence-corrected chi connectivity index (χ1v) is 5.72. The van der Waals surface area contributed by atoms with Gasteiger partial charge in [-0.1, -0.05) is 0 Å². The van der Waals surface area contributed by atoms with Gasteiger partial charge in [0.15, 0.2) is 0 Å². The summed E-state index contributed by atoms with van der Waals surface area (Å²) in [6.07, 6.45) is 3.01. The molecular weight excluding hydrogens is 190 g/mol. The van der Waals surface area contributed by atoms with Crippen molar-refractivity contribution in [2.75, 3.05) is 27.2 Å². The summed E-state index contributed by atoms with van der Waals surface area (Å²) in [7, 11) is 3.59. The third-order valence-corrected chi connectivity index (χ3v) is 3.25. The van der Waals surface area contributed by atoms with Crippen LogP contribution in [0.3, 0.4) is 0 Å². The highest BCUT2D eigenvalue weighted by Gasteiger charge is 2.28. The second kappa shape index (κ2) is 5.47. The molecule has 1 fully saturated rings. The molecule has 0 aromatic heterocycles. The molecule has 0 aromatic carbocycles. The molecule has 88 valence electrons. The van der Waals surface area contributed by atoms with E-state index < -0.39 is 0 Å². The summed E-state index contributed by atoms with van der Waals surface area (Å²) in [5.41, 5.74) is 5.75. The summed E-state index contributed by atoms with van der Waals surface area (Å²) in [5, 5.41) is 0. The lowest BCUT2D eigenvalue weighted by Crippen LogP contribution is -2.45. The van der Waals surface area contributed by atoms with Gasteiger partial charge in [-0.05, 0) is 26.3 Å². The minimum absolute atomic E-state index is 0.171. The molecule has 1 aliphatic heterocycles. The lowest BCUT2D eigenvalue weighted by Gasteiger charge is -2.30. The lowest BCUT2D eigenvalue weighted by molar-refractivity contribution is -0.130. The molecule has 1 heterocycles. The van der Waals surface area contributed by atoms with Gasteiger partial charge in [-0.15, -0.1) is 0 Å².